The van der Waals surface area contributed by atoms with Crippen molar-refractivity contribution < 1.29 is 28.6 Å². The average Bonchev–Trinajstić information content (AvgIpc) is 3.49. The van der Waals surface area contributed by atoms with Crippen molar-refractivity contribution >= 4 is 17.9 Å². The number of hydrogen-bond donors (Lipinski definition) is 0. The summed E-state index contributed by atoms with van der Waals surface area (Å²) < 4.78 is 16.9. The third-order valence-electron chi connectivity index (χ3n) is 14.7. The van der Waals surface area contributed by atoms with Gasteiger partial charge < -0.3 is 14.2 Å². The Morgan fingerprint density at radius 1 is 0.253 bits per heavy atom. The van der Waals surface area contributed by atoms with Gasteiger partial charge in [0.15, 0.2) is 6.10 Å². The fraction of sp³-hybridized carbons (Fsp3) is 0.675. The van der Waals surface area contributed by atoms with E-state index in [1.54, 1.807) is 0 Å². The summed E-state index contributed by atoms with van der Waals surface area (Å²) in [6.07, 6.45) is 99.2. The van der Waals surface area contributed by atoms with Crippen molar-refractivity contribution in [2.75, 3.05) is 13.2 Å². The summed E-state index contributed by atoms with van der Waals surface area (Å²) in [6.45, 7) is 6.37. The third-order valence-corrected chi connectivity index (χ3v) is 14.7. The number of esters is 3. The second-order valence-corrected chi connectivity index (χ2v) is 22.7. The molecule has 0 aromatic carbocycles. The van der Waals surface area contributed by atoms with Gasteiger partial charge in [-0.1, -0.05) is 328 Å². The molecule has 0 aromatic heterocycles. The topological polar surface area (TPSA) is 78.9 Å². The van der Waals surface area contributed by atoms with Gasteiger partial charge in [-0.25, -0.2) is 0 Å². The molecule has 0 amide bonds. The van der Waals surface area contributed by atoms with Gasteiger partial charge in [-0.2, -0.15) is 0 Å². The average molecular weight is 1150 g/mol. The van der Waals surface area contributed by atoms with Crippen molar-refractivity contribution in [2.24, 2.45) is 0 Å². The highest BCUT2D eigenvalue weighted by Crippen LogP contribution is 2.17. The van der Waals surface area contributed by atoms with Crippen LogP contribution in [0.3, 0.4) is 0 Å². The molecule has 1 unspecified atom stereocenters. The second kappa shape index (κ2) is 70.0. The van der Waals surface area contributed by atoms with E-state index in [-0.39, 0.29) is 44.0 Å². The number of ether oxygens (including phenoxy) is 3. The molecule has 0 spiro atoms. The monoisotopic (exact) mass is 1150 g/mol. The van der Waals surface area contributed by atoms with Crippen LogP contribution in [0.5, 0.6) is 0 Å². The van der Waals surface area contributed by atoms with Crippen molar-refractivity contribution in [3.63, 3.8) is 0 Å². The van der Waals surface area contributed by atoms with Crippen molar-refractivity contribution in [1.29, 1.82) is 0 Å². The van der Waals surface area contributed by atoms with Gasteiger partial charge in [0.05, 0.1) is 0 Å². The molecule has 0 heterocycles. The maximum atomic E-state index is 12.9. The zero-order chi connectivity index (χ0) is 59.9. The molecule has 0 aliphatic rings. The Morgan fingerprint density at radius 2 is 0.494 bits per heavy atom. The minimum absolute atomic E-state index is 0.111. The molecule has 0 saturated carbocycles. The van der Waals surface area contributed by atoms with Gasteiger partial charge in [0.25, 0.3) is 0 Å². The number of rotatable bonds is 62. The van der Waals surface area contributed by atoms with Crippen LogP contribution in [0.1, 0.15) is 316 Å². The minimum Gasteiger partial charge on any atom is -0.462 e. The normalized spacial score (nSPS) is 13.0. The molecule has 6 nitrogen and oxygen atoms in total. The molecule has 0 aliphatic heterocycles. The fourth-order valence-corrected chi connectivity index (χ4v) is 9.56. The van der Waals surface area contributed by atoms with Gasteiger partial charge in [0.1, 0.15) is 13.2 Å². The molecule has 0 N–H and O–H groups in total. The lowest BCUT2D eigenvalue weighted by Gasteiger charge is -2.18. The Bertz CT molecular complexity index is 1750. The molecule has 0 bridgehead atoms. The summed E-state index contributed by atoms with van der Waals surface area (Å²) in [7, 11) is 0. The van der Waals surface area contributed by atoms with Crippen LogP contribution in [0.2, 0.25) is 0 Å². The van der Waals surface area contributed by atoms with Crippen molar-refractivity contribution in [2.45, 2.75) is 322 Å². The molecule has 0 rings (SSSR count). The molecular formula is C77H128O6. The van der Waals surface area contributed by atoms with Gasteiger partial charge in [0, 0.05) is 19.3 Å². The Kier molecular flexibility index (Phi) is 66.3. The fourth-order valence-electron chi connectivity index (χ4n) is 9.56. The highest BCUT2D eigenvalue weighted by atomic mass is 16.6. The quantitative estimate of drug-likeness (QED) is 0.0261. The second-order valence-electron chi connectivity index (χ2n) is 22.7. The summed E-state index contributed by atoms with van der Waals surface area (Å²) in [4.78, 5) is 38.4. The lowest BCUT2D eigenvalue weighted by molar-refractivity contribution is -0.166. The van der Waals surface area contributed by atoms with Crippen LogP contribution in [0, 0.1) is 0 Å². The highest BCUT2D eigenvalue weighted by molar-refractivity contribution is 5.71. The molecule has 0 saturated heterocycles. The molecule has 83 heavy (non-hydrogen) atoms. The number of carbonyl (C=O) groups is 3. The first-order valence-corrected chi connectivity index (χ1v) is 34.7. The Balaban J connectivity index is 4.47. The van der Waals surface area contributed by atoms with E-state index >= 15 is 0 Å². The van der Waals surface area contributed by atoms with Crippen LogP contribution in [0.15, 0.2) is 134 Å². The Labute approximate surface area is 513 Å². The van der Waals surface area contributed by atoms with E-state index in [0.717, 1.165) is 128 Å². The van der Waals surface area contributed by atoms with Crippen molar-refractivity contribution in [1.82, 2.24) is 0 Å². The van der Waals surface area contributed by atoms with Crippen LogP contribution < -0.4 is 0 Å². The maximum Gasteiger partial charge on any atom is 0.306 e. The van der Waals surface area contributed by atoms with E-state index in [2.05, 4.69) is 148 Å². The molecule has 0 aromatic rings. The van der Waals surface area contributed by atoms with Crippen LogP contribution in [0.4, 0.5) is 0 Å². The van der Waals surface area contributed by atoms with Crippen LogP contribution in [-0.2, 0) is 28.6 Å². The van der Waals surface area contributed by atoms with E-state index in [4.69, 9.17) is 14.2 Å². The Morgan fingerprint density at radius 3 is 0.807 bits per heavy atom. The highest BCUT2D eigenvalue weighted by Gasteiger charge is 2.19. The van der Waals surface area contributed by atoms with Gasteiger partial charge in [-0.3, -0.25) is 14.4 Å². The number of unbranched alkanes of at least 4 members (excludes halogenated alkanes) is 29. The number of hydrogen-bond acceptors (Lipinski definition) is 6. The summed E-state index contributed by atoms with van der Waals surface area (Å²) in [5.74, 6) is -1.01. The molecular weight excluding hydrogens is 1020 g/mol. The Hall–Kier alpha value is -4.45. The lowest BCUT2D eigenvalue weighted by atomic mass is 10.0. The predicted molar refractivity (Wildman–Crippen MR) is 362 cm³/mol. The first-order valence-electron chi connectivity index (χ1n) is 34.7. The summed E-state index contributed by atoms with van der Waals surface area (Å²) in [6, 6.07) is 0. The van der Waals surface area contributed by atoms with Crippen LogP contribution in [0.25, 0.3) is 0 Å². The predicted octanol–water partition coefficient (Wildman–Crippen LogP) is 24.1. The first kappa shape index (κ1) is 78.5. The molecule has 0 radical (unpaired) electrons. The molecule has 1 atom stereocenters. The van der Waals surface area contributed by atoms with Gasteiger partial charge in [-0.15, -0.1) is 0 Å². The third kappa shape index (κ3) is 68.2. The van der Waals surface area contributed by atoms with Gasteiger partial charge in [0.2, 0.25) is 0 Å². The molecule has 472 valence electrons. The van der Waals surface area contributed by atoms with E-state index in [0.29, 0.717) is 12.8 Å². The molecule has 0 aliphatic carbocycles. The SMILES string of the molecule is CC/C=C\C/C=C\C/C=C\C/C=C\C/C=C\C/C=C\CCC(=O)OCC(COC(=O)CCCCCCCCCCCCCCCCCCCCCCCCCCC)OC(=O)CCCCCCC/C=C\C/C=C\C/C=C\C/C=C\C/C=C\CC. The standard InChI is InChI=1S/C77H128O6/c1-4-7-10-13-16-19-22-25-28-31-34-36-37-38-39-41-43-46-49-52-55-58-61-64-67-70-76(79)82-73-74(72-81-75(78)69-66-63-60-57-54-51-48-45-42-33-30-27-24-21-18-15-12-9-6-3)83-77(80)71-68-65-62-59-56-53-50-47-44-40-35-32-29-26-23-20-17-14-11-8-5-2/h8-9,11-12,17-18,20-21,26-27,29-30,35,40,42,45,47,50-51,54,60,63,74H,4-7,10,13-16,19,22-25,28,31-34,36-39,41,43-44,46,48-49,52-53,55-59,61-62,64-73H2,1-3H3/b11-8-,12-9-,20-17-,21-18-,29-26-,30-27-,40-35-,45-42-,50-47-,54-51-,63-60-. The number of carbonyl (C=O) groups excluding carboxylic acids is 3. The zero-order valence-electron chi connectivity index (χ0n) is 54.2. The van der Waals surface area contributed by atoms with Crippen molar-refractivity contribution in [3.05, 3.63) is 134 Å². The van der Waals surface area contributed by atoms with E-state index in [1.807, 2.05) is 6.08 Å². The number of allylic oxidation sites excluding steroid dienone is 22. The largest absolute Gasteiger partial charge is 0.462 e. The summed E-state index contributed by atoms with van der Waals surface area (Å²) >= 11 is 0. The van der Waals surface area contributed by atoms with Gasteiger partial charge >= 0.3 is 17.9 Å². The van der Waals surface area contributed by atoms with E-state index < -0.39 is 6.10 Å². The molecule has 0 fully saturated rings. The molecule has 6 heteroatoms. The van der Waals surface area contributed by atoms with Gasteiger partial charge in [-0.05, 0) is 103 Å². The zero-order valence-corrected chi connectivity index (χ0v) is 54.2. The van der Waals surface area contributed by atoms with Crippen LogP contribution in [-0.4, -0.2) is 37.2 Å². The lowest BCUT2D eigenvalue weighted by Crippen LogP contribution is -2.30. The summed E-state index contributed by atoms with van der Waals surface area (Å²) in [5, 5.41) is 0. The van der Waals surface area contributed by atoms with E-state index in [9.17, 15) is 14.4 Å². The smallest absolute Gasteiger partial charge is 0.306 e. The minimum atomic E-state index is -0.825. The van der Waals surface area contributed by atoms with Crippen LogP contribution >= 0.6 is 0 Å². The summed E-state index contributed by atoms with van der Waals surface area (Å²) in [5.41, 5.74) is 0. The maximum absolute atomic E-state index is 12.9. The van der Waals surface area contributed by atoms with Crippen molar-refractivity contribution in [3.8, 4) is 0 Å². The first-order chi connectivity index (χ1) is 41.0. The van der Waals surface area contributed by atoms with E-state index in [1.165, 1.54) is 141 Å².